The first-order valence-electron chi connectivity index (χ1n) is 12.0. The number of benzene rings is 2. The van der Waals surface area contributed by atoms with E-state index in [-0.39, 0.29) is 5.41 Å². The van der Waals surface area contributed by atoms with E-state index in [9.17, 15) is 14.4 Å². The van der Waals surface area contributed by atoms with E-state index in [2.05, 4.69) is 0 Å². The molecular formula is C28H33Cl2NO6. The second kappa shape index (κ2) is 11.4. The minimum Gasteiger partial charge on any atom is -0.457 e. The molecule has 0 bridgehead atoms. The van der Waals surface area contributed by atoms with Crippen LogP contribution in [0.15, 0.2) is 42.5 Å². The SMILES string of the molecule is CC(C)(C)CN1C(=O)[C@@H](CC(=O)OCC(=O)OC(C)(C)C)O[C@H](c2ccccc2Cl)c2cc(Cl)ccc21. The molecule has 0 fully saturated rings. The van der Waals surface area contributed by atoms with Gasteiger partial charge in [0.2, 0.25) is 0 Å². The molecule has 0 spiro atoms. The Morgan fingerprint density at radius 2 is 1.65 bits per heavy atom. The molecule has 2 aromatic carbocycles. The standard InChI is InChI=1S/C28H33Cl2NO6/c1-27(2,3)16-31-21-12-11-17(29)13-19(21)25(18-9-7-8-10-20(18)30)36-22(26(31)34)14-23(32)35-15-24(33)37-28(4,5)6/h7-13,22,25H,14-16H2,1-6H3/t22-,25-/m1/s1. The summed E-state index contributed by atoms with van der Waals surface area (Å²) in [7, 11) is 0. The Hall–Kier alpha value is -2.61. The average Bonchev–Trinajstić information content (AvgIpc) is 2.86. The number of nitrogens with zero attached hydrogens (tertiary/aromatic N) is 1. The topological polar surface area (TPSA) is 82.1 Å². The average molecular weight is 550 g/mol. The summed E-state index contributed by atoms with van der Waals surface area (Å²) in [4.78, 5) is 40.2. The largest absolute Gasteiger partial charge is 0.457 e. The molecule has 2 aromatic rings. The van der Waals surface area contributed by atoms with Gasteiger partial charge in [-0.1, -0.05) is 62.2 Å². The summed E-state index contributed by atoms with van der Waals surface area (Å²) in [6.45, 7) is 11.0. The Bertz CT molecular complexity index is 1170. The van der Waals surface area contributed by atoms with Crippen LogP contribution in [0, 0.1) is 5.41 Å². The monoisotopic (exact) mass is 549 g/mol. The summed E-state index contributed by atoms with van der Waals surface area (Å²) in [5, 5.41) is 0.916. The van der Waals surface area contributed by atoms with E-state index in [1.807, 2.05) is 26.8 Å². The van der Waals surface area contributed by atoms with Crippen molar-refractivity contribution in [3.8, 4) is 0 Å². The molecule has 0 saturated heterocycles. The lowest BCUT2D eigenvalue weighted by atomic mass is 9.94. The highest BCUT2D eigenvalue weighted by molar-refractivity contribution is 6.31. The van der Waals surface area contributed by atoms with Crippen molar-refractivity contribution in [1.29, 1.82) is 0 Å². The van der Waals surface area contributed by atoms with Gasteiger partial charge in [0.1, 0.15) is 17.8 Å². The lowest BCUT2D eigenvalue weighted by Crippen LogP contribution is -2.44. The zero-order valence-corrected chi connectivity index (χ0v) is 23.5. The van der Waals surface area contributed by atoms with Gasteiger partial charge in [-0.15, -0.1) is 0 Å². The van der Waals surface area contributed by atoms with Crippen LogP contribution >= 0.6 is 23.2 Å². The molecular weight excluding hydrogens is 517 g/mol. The fraction of sp³-hybridized carbons (Fsp3) is 0.464. The smallest absolute Gasteiger partial charge is 0.344 e. The first kappa shape index (κ1) is 29.0. The predicted molar refractivity (Wildman–Crippen MR) is 143 cm³/mol. The number of amides is 1. The van der Waals surface area contributed by atoms with Gasteiger partial charge in [0.05, 0.1) is 6.42 Å². The number of halogens is 2. The summed E-state index contributed by atoms with van der Waals surface area (Å²) in [5.41, 5.74) is 0.928. The highest BCUT2D eigenvalue weighted by atomic mass is 35.5. The number of carbonyl (C=O) groups excluding carboxylic acids is 3. The van der Waals surface area contributed by atoms with E-state index in [1.54, 1.807) is 62.1 Å². The number of rotatable bonds is 6. The van der Waals surface area contributed by atoms with Crippen LogP contribution in [-0.4, -0.2) is 42.7 Å². The predicted octanol–water partition coefficient (Wildman–Crippen LogP) is 6.14. The van der Waals surface area contributed by atoms with Gasteiger partial charge >= 0.3 is 11.9 Å². The van der Waals surface area contributed by atoms with Crippen LogP contribution in [0.4, 0.5) is 5.69 Å². The number of carbonyl (C=O) groups is 3. The van der Waals surface area contributed by atoms with Crippen molar-refractivity contribution < 1.29 is 28.6 Å². The first-order chi connectivity index (χ1) is 17.1. The summed E-state index contributed by atoms with van der Waals surface area (Å²) in [6, 6.07) is 12.4. The van der Waals surface area contributed by atoms with E-state index in [0.717, 1.165) is 0 Å². The van der Waals surface area contributed by atoms with Crippen molar-refractivity contribution in [1.82, 2.24) is 0 Å². The minimum absolute atomic E-state index is 0.265. The van der Waals surface area contributed by atoms with Crippen LogP contribution in [0.25, 0.3) is 0 Å². The number of anilines is 1. The third kappa shape index (κ3) is 7.94. The van der Waals surface area contributed by atoms with Gasteiger partial charge in [0.25, 0.3) is 5.91 Å². The second-order valence-electron chi connectivity index (χ2n) is 11.2. The van der Waals surface area contributed by atoms with Gasteiger partial charge in [-0.3, -0.25) is 9.59 Å². The summed E-state index contributed by atoms with van der Waals surface area (Å²) in [5.74, 6) is -1.84. The third-order valence-electron chi connectivity index (χ3n) is 5.35. The molecule has 1 heterocycles. The fourth-order valence-corrected chi connectivity index (χ4v) is 4.41. The molecule has 1 aliphatic rings. The third-order valence-corrected chi connectivity index (χ3v) is 5.93. The molecule has 7 nitrogen and oxygen atoms in total. The molecule has 0 aliphatic carbocycles. The molecule has 0 saturated carbocycles. The Kier molecular flexibility index (Phi) is 8.93. The van der Waals surface area contributed by atoms with Crippen LogP contribution in [0.3, 0.4) is 0 Å². The minimum atomic E-state index is -1.19. The van der Waals surface area contributed by atoms with Crippen molar-refractivity contribution in [3.63, 3.8) is 0 Å². The van der Waals surface area contributed by atoms with Crippen molar-refractivity contribution in [2.24, 2.45) is 5.41 Å². The van der Waals surface area contributed by atoms with E-state index in [0.29, 0.717) is 33.4 Å². The van der Waals surface area contributed by atoms with Crippen molar-refractivity contribution in [2.45, 2.75) is 65.8 Å². The number of fused-ring (bicyclic) bond motifs is 1. The van der Waals surface area contributed by atoms with Crippen LogP contribution < -0.4 is 4.90 Å². The van der Waals surface area contributed by atoms with Gasteiger partial charge in [0.15, 0.2) is 6.61 Å². The maximum atomic E-state index is 13.8. The van der Waals surface area contributed by atoms with E-state index in [4.69, 9.17) is 37.4 Å². The molecule has 3 rings (SSSR count). The lowest BCUT2D eigenvalue weighted by Gasteiger charge is -2.31. The summed E-state index contributed by atoms with van der Waals surface area (Å²) in [6.07, 6.45) is -2.37. The quantitative estimate of drug-likeness (QED) is 0.402. The molecule has 0 aromatic heterocycles. The molecule has 1 aliphatic heterocycles. The van der Waals surface area contributed by atoms with Crippen molar-refractivity contribution >= 4 is 46.7 Å². The van der Waals surface area contributed by atoms with Gasteiger partial charge in [-0.05, 0) is 50.5 Å². The molecule has 37 heavy (non-hydrogen) atoms. The Morgan fingerprint density at radius 1 is 0.973 bits per heavy atom. The highest BCUT2D eigenvalue weighted by Crippen LogP contribution is 2.42. The highest BCUT2D eigenvalue weighted by Gasteiger charge is 2.40. The first-order valence-corrected chi connectivity index (χ1v) is 12.8. The maximum Gasteiger partial charge on any atom is 0.344 e. The summed E-state index contributed by atoms with van der Waals surface area (Å²) < 4.78 is 16.6. The van der Waals surface area contributed by atoms with Crippen LogP contribution in [0.1, 0.15) is 65.2 Å². The zero-order valence-electron chi connectivity index (χ0n) is 22.0. The van der Waals surface area contributed by atoms with Crippen LogP contribution in [0.2, 0.25) is 10.0 Å². The van der Waals surface area contributed by atoms with Crippen molar-refractivity contribution in [3.05, 3.63) is 63.6 Å². The maximum absolute atomic E-state index is 13.8. The van der Waals surface area contributed by atoms with Crippen molar-refractivity contribution in [2.75, 3.05) is 18.1 Å². The molecule has 200 valence electrons. The molecule has 1 amide bonds. The molecule has 9 heteroatoms. The lowest BCUT2D eigenvalue weighted by molar-refractivity contribution is -0.168. The van der Waals surface area contributed by atoms with E-state index < -0.39 is 48.7 Å². The summed E-state index contributed by atoms with van der Waals surface area (Å²) >= 11 is 12.9. The Labute approximate surface area is 228 Å². The fourth-order valence-electron chi connectivity index (χ4n) is 3.99. The Morgan fingerprint density at radius 3 is 2.27 bits per heavy atom. The van der Waals surface area contributed by atoms with Gasteiger partial charge < -0.3 is 19.1 Å². The van der Waals surface area contributed by atoms with Gasteiger partial charge in [-0.25, -0.2) is 4.79 Å². The molecule has 0 unspecified atom stereocenters. The van der Waals surface area contributed by atoms with Gasteiger partial charge in [-0.2, -0.15) is 0 Å². The normalized spacial score (nSPS) is 18.2. The number of hydrogen-bond acceptors (Lipinski definition) is 6. The molecule has 0 N–H and O–H groups in total. The zero-order chi connectivity index (χ0) is 27.5. The van der Waals surface area contributed by atoms with E-state index in [1.165, 1.54) is 0 Å². The van der Waals surface area contributed by atoms with Gasteiger partial charge in [0, 0.05) is 33.4 Å². The van der Waals surface area contributed by atoms with Crippen LogP contribution in [0.5, 0.6) is 0 Å². The van der Waals surface area contributed by atoms with Crippen LogP contribution in [-0.2, 0) is 28.6 Å². The number of hydrogen-bond donors (Lipinski definition) is 0. The Balaban J connectivity index is 1.97. The number of ether oxygens (including phenoxy) is 3. The molecule has 0 radical (unpaired) electrons. The number of esters is 2. The second-order valence-corrected chi connectivity index (χ2v) is 12.0. The van der Waals surface area contributed by atoms with E-state index >= 15 is 0 Å². The molecule has 2 atom stereocenters.